The summed E-state index contributed by atoms with van der Waals surface area (Å²) in [6.07, 6.45) is 8.03. The summed E-state index contributed by atoms with van der Waals surface area (Å²) in [6, 6.07) is 7.16. The number of amides is 2. The van der Waals surface area contributed by atoms with Gasteiger partial charge in [0.2, 0.25) is 0 Å². The number of imide groups is 1. The zero-order valence-corrected chi connectivity index (χ0v) is 12.1. The summed E-state index contributed by atoms with van der Waals surface area (Å²) in [7, 11) is 1.41. The molecule has 0 unspecified atom stereocenters. The Bertz CT molecular complexity index is 623. The van der Waals surface area contributed by atoms with Gasteiger partial charge in [-0.05, 0) is 19.1 Å². The molecule has 0 saturated heterocycles. The van der Waals surface area contributed by atoms with Gasteiger partial charge in [0.15, 0.2) is 0 Å². The Morgan fingerprint density at radius 1 is 1.43 bits per heavy atom. The molecule has 0 aliphatic heterocycles. The average molecular weight is 283 g/mol. The van der Waals surface area contributed by atoms with Crippen LogP contribution in [-0.2, 0) is 9.59 Å². The molecule has 0 radical (unpaired) electrons. The Labute approximate surface area is 124 Å². The van der Waals surface area contributed by atoms with Gasteiger partial charge in [0.05, 0.1) is 0 Å². The fraction of sp³-hybridized carbons (Fsp3) is 0.176. The number of para-hydroxylation sites is 1. The van der Waals surface area contributed by atoms with E-state index in [2.05, 4.69) is 12.5 Å². The van der Waals surface area contributed by atoms with Gasteiger partial charge in [-0.2, -0.15) is 0 Å². The van der Waals surface area contributed by atoms with Crippen molar-refractivity contribution in [2.75, 3.05) is 13.7 Å². The molecule has 0 fully saturated rings. The third-order valence-electron chi connectivity index (χ3n) is 2.64. The van der Waals surface area contributed by atoms with Gasteiger partial charge in [-0.3, -0.25) is 14.5 Å². The van der Waals surface area contributed by atoms with Crippen molar-refractivity contribution in [1.29, 1.82) is 0 Å². The van der Waals surface area contributed by atoms with E-state index in [1.165, 1.54) is 13.1 Å². The Morgan fingerprint density at radius 2 is 2.10 bits per heavy atom. The highest BCUT2D eigenvalue weighted by atomic mass is 16.5. The predicted octanol–water partition coefficient (Wildman–Crippen LogP) is 2.27. The summed E-state index contributed by atoms with van der Waals surface area (Å²) in [5, 5.41) is 0. The number of benzene rings is 1. The van der Waals surface area contributed by atoms with Crippen LogP contribution in [0.4, 0.5) is 0 Å². The number of likely N-dealkylation sites (N-methyl/N-ethyl adjacent to an activating group) is 1. The van der Waals surface area contributed by atoms with Crippen molar-refractivity contribution in [3.05, 3.63) is 48.1 Å². The summed E-state index contributed by atoms with van der Waals surface area (Å²) in [6.45, 7) is 5.22. The second-order valence-electron chi connectivity index (χ2n) is 4.35. The van der Waals surface area contributed by atoms with E-state index in [-0.39, 0.29) is 6.61 Å². The summed E-state index contributed by atoms with van der Waals surface area (Å²) >= 11 is 0. The van der Waals surface area contributed by atoms with Gasteiger partial charge in [-0.25, -0.2) is 0 Å². The molecule has 0 atom stereocenters. The lowest BCUT2D eigenvalue weighted by Crippen LogP contribution is -2.32. The highest BCUT2D eigenvalue weighted by Gasteiger charge is 2.14. The first kappa shape index (κ1) is 16.3. The maximum atomic E-state index is 11.9. The fourth-order valence-corrected chi connectivity index (χ4v) is 1.53. The molecule has 0 saturated carbocycles. The van der Waals surface area contributed by atoms with Crippen LogP contribution in [0.1, 0.15) is 12.5 Å². The van der Waals surface area contributed by atoms with E-state index in [1.54, 1.807) is 25.1 Å². The molecule has 1 rings (SSSR count). The fourth-order valence-electron chi connectivity index (χ4n) is 1.53. The summed E-state index contributed by atoms with van der Waals surface area (Å²) in [5.74, 6) is 2.10. The van der Waals surface area contributed by atoms with Crippen molar-refractivity contribution in [3.8, 4) is 18.1 Å². The second kappa shape index (κ2) is 7.71. The molecular formula is C17H17NO3. The highest BCUT2D eigenvalue weighted by Crippen LogP contribution is 2.19. The second-order valence-corrected chi connectivity index (χ2v) is 4.35. The van der Waals surface area contributed by atoms with Gasteiger partial charge < -0.3 is 4.74 Å². The number of terminal acetylenes is 1. The average Bonchev–Trinajstić information content (AvgIpc) is 2.49. The lowest BCUT2D eigenvalue weighted by molar-refractivity contribution is -0.137. The third kappa shape index (κ3) is 4.66. The first-order valence-electron chi connectivity index (χ1n) is 6.28. The molecule has 1 aromatic rings. The summed E-state index contributed by atoms with van der Waals surface area (Å²) < 4.78 is 5.37. The molecule has 4 heteroatoms. The lowest BCUT2D eigenvalue weighted by atomic mass is 10.2. The van der Waals surface area contributed by atoms with Crippen molar-refractivity contribution >= 4 is 17.9 Å². The van der Waals surface area contributed by atoms with E-state index in [4.69, 9.17) is 11.2 Å². The monoisotopic (exact) mass is 283 g/mol. The van der Waals surface area contributed by atoms with Gasteiger partial charge in [-0.1, -0.05) is 30.7 Å². The lowest BCUT2D eigenvalue weighted by Gasteiger charge is -2.12. The van der Waals surface area contributed by atoms with Crippen LogP contribution in [0.25, 0.3) is 6.08 Å². The van der Waals surface area contributed by atoms with Crippen molar-refractivity contribution < 1.29 is 14.3 Å². The number of carbonyl (C=O) groups excluding carboxylic acids is 2. The van der Waals surface area contributed by atoms with E-state index < -0.39 is 11.8 Å². The number of ether oxygens (including phenoxy) is 1. The van der Waals surface area contributed by atoms with Crippen LogP contribution in [0.3, 0.4) is 0 Å². The SMILES string of the molecule is C#CCOc1ccccc1/C=C/C(=O)N(C)C(=O)C(=C)C. The molecule has 0 aromatic heterocycles. The topological polar surface area (TPSA) is 46.6 Å². The van der Waals surface area contributed by atoms with Crippen molar-refractivity contribution in [2.45, 2.75) is 6.92 Å². The Hall–Kier alpha value is -2.80. The van der Waals surface area contributed by atoms with Crippen LogP contribution in [0.5, 0.6) is 5.75 Å². The minimum Gasteiger partial charge on any atom is -0.480 e. The first-order chi connectivity index (χ1) is 9.97. The maximum absolute atomic E-state index is 11.9. The molecule has 21 heavy (non-hydrogen) atoms. The molecular weight excluding hydrogens is 266 g/mol. The molecule has 0 N–H and O–H groups in total. The maximum Gasteiger partial charge on any atom is 0.255 e. The summed E-state index contributed by atoms with van der Waals surface area (Å²) in [5.41, 5.74) is 1.01. The van der Waals surface area contributed by atoms with Crippen LogP contribution in [0.15, 0.2) is 42.5 Å². The highest BCUT2D eigenvalue weighted by molar-refractivity contribution is 6.08. The van der Waals surface area contributed by atoms with E-state index in [0.717, 1.165) is 4.90 Å². The number of nitrogens with zero attached hydrogens (tertiary/aromatic N) is 1. The number of rotatable bonds is 5. The predicted molar refractivity (Wildman–Crippen MR) is 82.4 cm³/mol. The largest absolute Gasteiger partial charge is 0.480 e. The molecule has 4 nitrogen and oxygen atoms in total. The molecule has 0 bridgehead atoms. The normalized spacial score (nSPS) is 9.95. The van der Waals surface area contributed by atoms with Gasteiger partial charge >= 0.3 is 0 Å². The Kier molecular flexibility index (Phi) is 5.97. The minimum atomic E-state index is -0.435. The molecule has 1 aromatic carbocycles. The van der Waals surface area contributed by atoms with Gasteiger partial charge in [-0.15, -0.1) is 6.42 Å². The van der Waals surface area contributed by atoms with Crippen molar-refractivity contribution in [3.63, 3.8) is 0 Å². The number of hydrogen-bond donors (Lipinski definition) is 0. The smallest absolute Gasteiger partial charge is 0.255 e. The van der Waals surface area contributed by atoms with Gasteiger partial charge in [0.25, 0.3) is 11.8 Å². The van der Waals surface area contributed by atoms with Crippen LogP contribution in [0, 0.1) is 12.3 Å². The zero-order valence-electron chi connectivity index (χ0n) is 12.1. The Balaban J connectivity index is 2.86. The zero-order chi connectivity index (χ0) is 15.8. The van der Waals surface area contributed by atoms with Gasteiger partial charge in [0.1, 0.15) is 12.4 Å². The molecule has 0 heterocycles. The van der Waals surface area contributed by atoms with Crippen molar-refractivity contribution in [1.82, 2.24) is 4.90 Å². The van der Waals surface area contributed by atoms with E-state index in [9.17, 15) is 9.59 Å². The number of carbonyl (C=O) groups is 2. The molecule has 0 spiro atoms. The van der Waals surface area contributed by atoms with E-state index >= 15 is 0 Å². The van der Waals surface area contributed by atoms with Crippen molar-refractivity contribution in [2.24, 2.45) is 0 Å². The van der Waals surface area contributed by atoms with Crippen LogP contribution in [-0.4, -0.2) is 30.4 Å². The molecule has 2 amide bonds. The Morgan fingerprint density at radius 3 is 2.71 bits per heavy atom. The molecule has 108 valence electrons. The first-order valence-corrected chi connectivity index (χ1v) is 6.28. The van der Waals surface area contributed by atoms with Gasteiger partial charge in [0, 0.05) is 24.3 Å². The third-order valence-corrected chi connectivity index (χ3v) is 2.64. The minimum absolute atomic E-state index is 0.146. The van der Waals surface area contributed by atoms with Crippen LogP contribution >= 0.6 is 0 Å². The summed E-state index contributed by atoms with van der Waals surface area (Å²) in [4.78, 5) is 24.5. The molecule has 0 aliphatic rings. The van der Waals surface area contributed by atoms with E-state index in [0.29, 0.717) is 16.9 Å². The number of hydrogen-bond acceptors (Lipinski definition) is 3. The van der Waals surface area contributed by atoms with E-state index in [1.807, 2.05) is 12.1 Å². The van der Waals surface area contributed by atoms with Crippen LogP contribution < -0.4 is 4.74 Å². The van der Waals surface area contributed by atoms with Crippen LogP contribution in [0.2, 0.25) is 0 Å². The quantitative estimate of drug-likeness (QED) is 0.615. The molecule has 0 aliphatic carbocycles. The standard InChI is InChI=1S/C17H17NO3/c1-5-12-21-15-9-7-6-8-14(15)10-11-16(19)18(4)17(20)13(2)3/h1,6-11H,2,12H2,3-4H3/b11-10+.